The van der Waals surface area contributed by atoms with Crippen LogP contribution in [0.25, 0.3) is 5.57 Å². The number of para-hydroxylation sites is 2. The Hall–Kier alpha value is -3.92. The van der Waals surface area contributed by atoms with E-state index in [-0.39, 0.29) is 11.8 Å². The van der Waals surface area contributed by atoms with Gasteiger partial charge in [-0.05, 0) is 60.9 Å². The monoisotopic (exact) mass is 489 g/mol. The molecule has 6 rings (SSSR count). The predicted octanol–water partition coefficient (Wildman–Crippen LogP) is 6.97. The highest BCUT2D eigenvalue weighted by molar-refractivity contribution is 6.27. The minimum absolute atomic E-state index is 0.0927. The summed E-state index contributed by atoms with van der Waals surface area (Å²) >= 11 is 0. The Kier molecular flexibility index (Phi) is 5.83. The summed E-state index contributed by atoms with van der Waals surface area (Å²) in [6.45, 7) is 2.58. The number of carbonyl (C=O) groups is 2. The van der Waals surface area contributed by atoms with E-state index in [4.69, 9.17) is 4.74 Å². The molecule has 1 aliphatic heterocycles. The van der Waals surface area contributed by atoms with E-state index in [1.807, 2.05) is 67.6 Å². The molecule has 0 bridgehead atoms. The molecule has 1 saturated carbocycles. The molecular weight excluding hydrogens is 458 g/mol. The van der Waals surface area contributed by atoms with Crippen LogP contribution in [0.5, 0.6) is 5.75 Å². The lowest BCUT2D eigenvalue weighted by Crippen LogP contribution is -2.41. The first-order chi connectivity index (χ1) is 18.1. The molecular formula is C33H31NO3. The molecule has 186 valence electrons. The van der Waals surface area contributed by atoms with Crippen LogP contribution in [0, 0.1) is 10.8 Å². The van der Waals surface area contributed by atoms with Crippen LogP contribution < -0.4 is 9.64 Å². The van der Waals surface area contributed by atoms with E-state index in [0.29, 0.717) is 43.7 Å². The maximum atomic E-state index is 14.4. The Labute approximate surface area is 218 Å². The largest absolute Gasteiger partial charge is 0.491 e. The predicted molar refractivity (Wildman–Crippen MR) is 146 cm³/mol. The number of imide groups is 1. The topological polar surface area (TPSA) is 46.6 Å². The number of carbonyl (C=O) groups excluding carboxylic acids is 2. The summed E-state index contributed by atoms with van der Waals surface area (Å²) in [7, 11) is 0. The molecule has 2 atom stereocenters. The first-order valence-electron chi connectivity index (χ1n) is 13.2. The van der Waals surface area contributed by atoms with Gasteiger partial charge in [-0.3, -0.25) is 9.59 Å². The third-order valence-electron chi connectivity index (χ3n) is 8.32. The zero-order chi connectivity index (χ0) is 25.5. The lowest BCUT2D eigenvalue weighted by atomic mass is 9.61. The second kappa shape index (κ2) is 9.19. The summed E-state index contributed by atoms with van der Waals surface area (Å²) in [5.74, 6) is 0.406. The van der Waals surface area contributed by atoms with E-state index in [9.17, 15) is 9.59 Å². The molecule has 1 heterocycles. The molecule has 0 spiro atoms. The second-order valence-electron chi connectivity index (χ2n) is 10.4. The van der Waals surface area contributed by atoms with Gasteiger partial charge in [0.05, 0.1) is 23.1 Å². The highest BCUT2D eigenvalue weighted by Gasteiger charge is 2.72. The van der Waals surface area contributed by atoms with Crippen LogP contribution in [-0.4, -0.2) is 18.4 Å². The quantitative estimate of drug-likeness (QED) is 0.278. The minimum Gasteiger partial charge on any atom is -0.491 e. The van der Waals surface area contributed by atoms with E-state index in [0.717, 1.165) is 23.1 Å². The highest BCUT2D eigenvalue weighted by Crippen LogP contribution is 2.67. The SMILES string of the molecule is CCCOc1ccccc1N1C(=O)[C@@]23CC=CC[C@@]2(CC(=C(c2ccccc2)c2ccccc2)C3)C1=O. The number of rotatable bonds is 6. The lowest BCUT2D eigenvalue weighted by Gasteiger charge is -2.36. The zero-order valence-electron chi connectivity index (χ0n) is 21.2. The fraction of sp³-hybridized carbons (Fsp3) is 0.273. The Morgan fingerprint density at radius 1 is 0.757 bits per heavy atom. The van der Waals surface area contributed by atoms with Crippen LogP contribution >= 0.6 is 0 Å². The standard InChI is InChI=1S/C33H31NO3/c1-2-21-37-28-18-10-9-17-27(28)34-30(35)32-19-11-12-20-33(32,31(34)36)23-26(22-32)29(24-13-5-3-6-14-24)25-15-7-4-8-16-25/h3-18H,2,19-23H2,1H3/t32-,33+. The van der Waals surface area contributed by atoms with Gasteiger partial charge in [-0.25, -0.2) is 4.90 Å². The molecule has 3 aromatic rings. The van der Waals surface area contributed by atoms with Crippen LogP contribution in [0.4, 0.5) is 5.69 Å². The van der Waals surface area contributed by atoms with E-state index < -0.39 is 10.8 Å². The number of hydrogen-bond acceptors (Lipinski definition) is 3. The van der Waals surface area contributed by atoms with Gasteiger partial charge in [-0.2, -0.15) is 0 Å². The van der Waals surface area contributed by atoms with Gasteiger partial charge < -0.3 is 4.74 Å². The normalized spacial score (nSPS) is 24.2. The third-order valence-corrected chi connectivity index (χ3v) is 8.32. The fourth-order valence-corrected chi connectivity index (χ4v) is 6.65. The van der Waals surface area contributed by atoms with Crippen molar-refractivity contribution in [2.45, 2.75) is 39.0 Å². The Morgan fingerprint density at radius 2 is 1.27 bits per heavy atom. The number of ether oxygens (including phenoxy) is 1. The molecule has 37 heavy (non-hydrogen) atoms. The van der Waals surface area contributed by atoms with Crippen molar-refractivity contribution in [1.82, 2.24) is 0 Å². The molecule has 2 aliphatic carbocycles. The van der Waals surface area contributed by atoms with Crippen molar-refractivity contribution in [2.75, 3.05) is 11.5 Å². The van der Waals surface area contributed by atoms with E-state index in [2.05, 4.69) is 36.4 Å². The van der Waals surface area contributed by atoms with Gasteiger partial charge in [-0.1, -0.05) is 97.4 Å². The molecule has 3 aromatic carbocycles. The van der Waals surface area contributed by atoms with Crippen LogP contribution in [-0.2, 0) is 9.59 Å². The maximum absolute atomic E-state index is 14.4. The number of nitrogens with zero attached hydrogens (tertiary/aromatic N) is 1. The van der Waals surface area contributed by atoms with Crippen molar-refractivity contribution in [3.8, 4) is 5.75 Å². The maximum Gasteiger partial charge on any atom is 0.241 e. The molecule has 0 radical (unpaired) electrons. The third kappa shape index (κ3) is 3.50. The lowest BCUT2D eigenvalue weighted by molar-refractivity contribution is -0.132. The van der Waals surface area contributed by atoms with Gasteiger partial charge in [0.15, 0.2) is 0 Å². The van der Waals surface area contributed by atoms with Crippen LogP contribution in [0.2, 0.25) is 0 Å². The summed E-state index contributed by atoms with van der Waals surface area (Å²) in [6.07, 6.45) is 7.36. The number of allylic oxidation sites excluding steroid dienone is 3. The Bertz CT molecular complexity index is 1330. The number of amides is 2. The first-order valence-corrected chi connectivity index (χ1v) is 13.2. The Morgan fingerprint density at radius 3 is 1.81 bits per heavy atom. The van der Waals surface area contributed by atoms with E-state index in [1.54, 1.807) is 0 Å². The zero-order valence-corrected chi connectivity index (χ0v) is 21.2. The van der Waals surface area contributed by atoms with E-state index >= 15 is 0 Å². The second-order valence-corrected chi connectivity index (χ2v) is 10.4. The van der Waals surface area contributed by atoms with Crippen molar-refractivity contribution < 1.29 is 14.3 Å². The van der Waals surface area contributed by atoms with Crippen LogP contribution in [0.15, 0.2) is 103 Å². The molecule has 0 unspecified atom stereocenters. The number of hydrogen-bond donors (Lipinski definition) is 0. The van der Waals surface area contributed by atoms with Crippen LogP contribution in [0.1, 0.15) is 50.2 Å². The summed E-state index contributed by atoms with van der Waals surface area (Å²) in [4.78, 5) is 30.3. The van der Waals surface area contributed by atoms with Gasteiger partial charge in [0.2, 0.25) is 11.8 Å². The van der Waals surface area contributed by atoms with Crippen molar-refractivity contribution in [3.05, 3.63) is 114 Å². The fourth-order valence-electron chi connectivity index (χ4n) is 6.65. The first kappa shape index (κ1) is 23.5. The van der Waals surface area contributed by atoms with Gasteiger partial charge >= 0.3 is 0 Å². The molecule has 2 amide bonds. The minimum atomic E-state index is -0.777. The summed E-state index contributed by atoms with van der Waals surface area (Å²) in [5, 5.41) is 0. The van der Waals surface area contributed by atoms with Crippen molar-refractivity contribution in [3.63, 3.8) is 0 Å². The Balaban J connectivity index is 1.50. The van der Waals surface area contributed by atoms with Crippen LogP contribution in [0.3, 0.4) is 0 Å². The molecule has 0 N–H and O–H groups in total. The van der Waals surface area contributed by atoms with Gasteiger partial charge in [0, 0.05) is 0 Å². The molecule has 1 saturated heterocycles. The van der Waals surface area contributed by atoms with Gasteiger partial charge in [0.25, 0.3) is 0 Å². The average molecular weight is 490 g/mol. The molecule has 3 aliphatic rings. The summed E-state index contributed by atoms with van der Waals surface area (Å²) < 4.78 is 5.97. The van der Waals surface area contributed by atoms with Gasteiger partial charge in [0.1, 0.15) is 5.75 Å². The molecule has 2 fully saturated rings. The highest BCUT2D eigenvalue weighted by atomic mass is 16.5. The average Bonchev–Trinajstić information content (AvgIpc) is 3.38. The van der Waals surface area contributed by atoms with Crippen molar-refractivity contribution in [1.29, 1.82) is 0 Å². The van der Waals surface area contributed by atoms with Crippen molar-refractivity contribution >= 4 is 23.1 Å². The number of anilines is 1. The molecule has 4 heteroatoms. The molecule has 0 aromatic heterocycles. The summed E-state index contributed by atoms with van der Waals surface area (Å²) in [6, 6.07) is 28.2. The number of benzene rings is 3. The smallest absolute Gasteiger partial charge is 0.241 e. The van der Waals surface area contributed by atoms with Gasteiger partial charge in [-0.15, -0.1) is 0 Å². The van der Waals surface area contributed by atoms with E-state index in [1.165, 1.54) is 10.5 Å². The molecule has 4 nitrogen and oxygen atoms in total. The van der Waals surface area contributed by atoms with Crippen molar-refractivity contribution in [2.24, 2.45) is 10.8 Å². The summed E-state index contributed by atoms with van der Waals surface area (Å²) in [5.41, 5.74) is 3.60.